The number of unbranched alkanes of at least 4 members (excludes halogenated alkanes) is 2. The Morgan fingerprint density at radius 1 is 1.07 bits per heavy atom. The summed E-state index contributed by atoms with van der Waals surface area (Å²) in [5.74, 6) is 0.0456. The van der Waals surface area contributed by atoms with E-state index in [1.54, 1.807) is 12.1 Å². The molecule has 0 radical (unpaired) electrons. The molecule has 6 heteroatoms. The van der Waals surface area contributed by atoms with Gasteiger partial charge in [-0.25, -0.2) is 8.42 Å². The molecular weight excluding hydrogens is 372 g/mol. The summed E-state index contributed by atoms with van der Waals surface area (Å²) >= 11 is 0. The van der Waals surface area contributed by atoms with Crippen LogP contribution in [0.25, 0.3) is 11.1 Å². The molecule has 1 aliphatic heterocycles. The van der Waals surface area contributed by atoms with Gasteiger partial charge in [0, 0.05) is 17.7 Å². The average molecular weight is 401 g/mol. The molecule has 0 unspecified atom stereocenters. The molecule has 0 fully saturated rings. The van der Waals surface area contributed by atoms with Gasteiger partial charge in [-0.1, -0.05) is 57.9 Å². The summed E-state index contributed by atoms with van der Waals surface area (Å²) in [5.41, 5.74) is 3.25. The highest BCUT2D eigenvalue weighted by Crippen LogP contribution is 2.43. The van der Waals surface area contributed by atoms with Crippen molar-refractivity contribution < 1.29 is 13.2 Å². The fraction of sp³-hybridized carbons (Fsp3) is 0.409. The summed E-state index contributed by atoms with van der Waals surface area (Å²) in [7, 11) is -3.79. The Kier molecular flexibility index (Phi) is 6.08. The van der Waals surface area contributed by atoms with Crippen molar-refractivity contribution in [3.8, 4) is 11.1 Å². The van der Waals surface area contributed by atoms with Crippen molar-refractivity contribution in [1.29, 1.82) is 0 Å². The summed E-state index contributed by atoms with van der Waals surface area (Å²) < 4.78 is 27.7. The molecule has 150 valence electrons. The molecular formula is C22H28N2O3S. The Morgan fingerprint density at radius 3 is 2.54 bits per heavy atom. The standard InChI is InChI=1S/C22H28N2O3S/c1-4-5-8-13-23-22(25)15-24-20-12-11-17(16(2)3)14-19(20)18-9-6-7-10-21(18)28(24,26)27/h6-7,9-12,14,16H,4-5,8,13,15H2,1-3H3,(H,23,25). The minimum absolute atomic E-state index is 0.211. The second kappa shape index (κ2) is 8.35. The average Bonchev–Trinajstić information content (AvgIpc) is 2.68. The first-order chi connectivity index (χ1) is 13.4. The molecule has 0 atom stereocenters. The number of amides is 1. The number of benzene rings is 2. The summed E-state index contributed by atoms with van der Waals surface area (Å²) in [6.45, 7) is 6.67. The van der Waals surface area contributed by atoms with Crippen LogP contribution in [0, 0.1) is 0 Å². The number of carbonyl (C=O) groups is 1. The number of nitrogens with zero attached hydrogens (tertiary/aromatic N) is 1. The molecule has 1 aliphatic rings. The maximum Gasteiger partial charge on any atom is 0.265 e. The first-order valence-electron chi connectivity index (χ1n) is 9.89. The topological polar surface area (TPSA) is 66.5 Å². The smallest absolute Gasteiger partial charge is 0.265 e. The van der Waals surface area contributed by atoms with E-state index in [2.05, 4.69) is 26.1 Å². The maximum atomic E-state index is 13.2. The van der Waals surface area contributed by atoms with E-state index in [4.69, 9.17) is 0 Å². The minimum Gasteiger partial charge on any atom is -0.355 e. The minimum atomic E-state index is -3.79. The van der Waals surface area contributed by atoms with Crippen molar-refractivity contribution in [2.45, 2.75) is 50.8 Å². The summed E-state index contributed by atoms with van der Waals surface area (Å²) in [4.78, 5) is 12.7. The van der Waals surface area contributed by atoms with E-state index in [0.29, 0.717) is 23.7 Å². The van der Waals surface area contributed by atoms with Gasteiger partial charge < -0.3 is 5.32 Å². The molecule has 2 aromatic rings. The number of hydrogen-bond donors (Lipinski definition) is 1. The van der Waals surface area contributed by atoms with Gasteiger partial charge >= 0.3 is 0 Å². The predicted octanol–water partition coefficient (Wildman–Crippen LogP) is 4.29. The summed E-state index contributed by atoms with van der Waals surface area (Å²) in [6.07, 6.45) is 3.00. The van der Waals surface area contributed by atoms with Crippen molar-refractivity contribution in [3.05, 3.63) is 48.0 Å². The number of fused-ring (bicyclic) bond motifs is 3. The van der Waals surface area contributed by atoms with Crippen molar-refractivity contribution >= 4 is 21.6 Å². The molecule has 28 heavy (non-hydrogen) atoms. The van der Waals surface area contributed by atoms with Crippen LogP contribution in [0.4, 0.5) is 5.69 Å². The van der Waals surface area contributed by atoms with Gasteiger partial charge in [0.15, 0.2) is 0 Å². The van der Waals surface area contributed by atoms with Crippen molar-refractivity contribution in [1.82, 2.24) is 5.32 Å². The van der Waals surface area contributed by atoms with Gasteiger partial charge in [0.25, 0.3) is 10.0 Å². The van der Waals surface area contributed by atoms with E-state index in [0.717, 1.165) is 30.4 Å². The molecule has 0 spiro atoms. The lowest BCUT2D eigenvalue weighted by Gasteiger charge is -2.32. The molecule has 0 aliphatic carbocycles. The van der Waals surface area contributed by atoms with Crippen LogP contribution in [0.2, 0.25) is 0 Å². The van der Waals surface area contributed by atoms with Gasteiger partial charge in [0.1, 0.15) is 6.54 Å². The predicted molar refractivity (Wildman–Crippen MR) is 113 cm³/mol. The molecule has 1 heterocycles. The number of anilines is 1. The van der Waals surface area contributed by atoms with Gasteiger partial charge in [-0.05, 0) is 36.1 Å². The third kappa shape index (κ3) is 3.92. The molecule has 1 N–H and O–H groups in total. The molecule has 2 aromatic carbocycles. The van der Waals surface area contributed by atoms with Crippen LogP contribution < -0.4 is 9.62 Å². The molecule has 1 amide bonds. The molecule has 3 rings (SSSR count). The van der Waals surface area contributed by atoms with Crippen LogP contribution in [-0.4, -0.2) is 27.4 Å². The molecule has 0 aromatic heterocycles. The second-order valence-corrected chi connectivity index (χ2v) is 9.33. The fourth-order valence-corrected chi connectivity index (χ4v) is 5.12. The van der Waals surface area contributed by atoms with E-state index >= 15 is 0 Å². The first kappa shape index (κ1) is 20.4. The summed E-state index contributed by atoms with van der Waals surface area (Å²) in [6, 6.07) is 12.8. The highest BCUT2D eigenvalue weighted by atomic mass is 32.2. The zero-order valence-corrected chi connectivity index (χ0v) is 17.6. The molecule has 0 saturated heterocycles. The number of hydrogen-bond acceptors (Lipinski definition) is 3. The van der Waals surface area contributed by atoms with Crippen molar-refractivity contribution in [3.63, 3.8) is 0 Å². The van der Waals surface area contributed by atoms with Gasteiger partial charge in [0.2, 0.25) is 5.91 Å². The zero-order chi connectivity index (χ0) is 20.3. The van der Waals surface area contributed by atoms with Crippen LogP contribution in [0.1, 0.15) is 51.5 Å². The van der Waals surface area contributed by atoms with Crippen LogP contribution in [-0.2, 0) is 14.8 Å². The molecule has 0 bridgehead atoms. The third-order valence-electron chi connectivity index (χ3n) is 5.09. The van der Waals surface area contributed by atoms with E-state index in [9.17, 15) is 13.2 Å². The first-order valence-corrected chi connectivity index (χ1v) is 11.3. The lowest BCUT2D eigenvalue weighted by molar-refractivity contribution is -0.119. The number of sulfonamides is 1. The van der Waals surface area contributed by atoms with Crippen LogP contribution >= 0.6 is 0 Å². The van der Waals surface area contributed by atoms with E-state index < -0.39 is 10.0 Å². The zero-order valence-electron chi connectivity index (χ0n) is 16.7. The lowest BCUT2D eigenvalue weighted by atomic mass is 9.95. The van der Waals surface area contributed by atoms with E-state index in [1.807, 2.05) is 30.3 Å². The Labute approximate surface area is 167 Å². The quantitative estimate of drug-likeness (QED) is 0.705. The van der Waals surface area contributed by atoms with Crippen LogP contribution in [0.3, 0.4) is 0 Å². The number of nitrogens with one attached hydrogen (secondary N) is 1. The Bertz CT molecular complexity index is 967. The van der Waals surface area contributed by atoms with Crippen molar-refractivity contribution in [2.75, 3.05) is 17.4 Å². The van der Waals surface area contributed by atoms with Crippen molar-refractivity contribution in [2.24, 2.45) is 0 Å². The van der Waals surface area contributed by atoms with Crippen LogP contribution in [0.5, 0.6) is 0 Å². The largest absolute Gasteiger partial charge is 0.355 e. The van der Waals surface area contributed by atoms with Gasteiger partial charge in [-0.3, -0.25) is 9.10 Å². The maximum absolute atomic E-state index is 13.2. The fourth-order valence-electron chi connectivity index (χ4n) is 3.47. The Hall–Kier alpha value is -2.34. The highest BCUT2D eigenvalue weighted by Gasteiger charge is 2.35. The van der Waals surface area contributed by atoms with Gasteiger partial charge in [-0.2, -0.15) is 0 Å². The number of carbonyl (C=O) groups excluding carboxylic acids is 1. The highest BCUT2D eigenvalue weighted by molar-refractivity contribution is 7.93. The normalized spacial score (nSPS) is 14.5. The molecule has 5 nitrogen and oxygen atoms in total. The second-order valence-electron chi connectivity index (χ2n) is 7.50. The summed E-state index contributed by atoms with van der Waals surface area (Å²) in [5, 5.41) is 2.84. The molecule has 0 saturated carbocycles. The van der Waals surface area contributed by atoms with E-state index in [-0.39, 0.29) is 17.3 Å². The van der Waals surface area contributed by atoms with Gasteiger partial charge in [-0.15, -0.1) is 0 Å². The van der Waals surface area contributed by atoms with E-state index in [1.165, 1.54) is 4.31 Å². The number of rotatable bonds is 7. The lowest BCUT2D eigenvalue weighted by Crippen LogP contribution is -2.42. The van der Waals surface area contributed by atoms with Crippen LogP contribution in [0.15, 0.2) is 47.4 Å². The SMILES string of the molecule is CCCCCNC(=O)CN1c2ccc(C(C)C)cc2-c2ccccc2S1(=O)=O. The monoisotopic (exact) mass is 400 g/mol. The Morgan fingerprint density at radius 2 is 1.82 bits per heavy atom. The third-order valence-corrected chi connectivity index (χ3v) is 6.91. The Balaban J connectivity index is 1.99. The van der Waals surface area contributed by atoms with Gasteiger partial charge in [0.05, 0.1) is 10.6 Å².